The summed E-state index contributed by atoms with van der Waals surface area (Å²) < 4.78 is 0. The van der Waals surface area contributed by atoms with E-state index in [4.69, 9.17) is 17.3 Å². The van der Waals surface area contributed by atoms with Crippen LogP contribution in [0.2, 0.25) is 5.02 Å². The molecule has 1 aromatic rings. The van der Waals surface area contributed by atoms with Gasteiger partial charge in [0.2, 0.25) is 5.91 Å². The van der Waals surface area contributed by atoms with Crippen molar-refractivity contribution in [3.63, 3.8) is 0 Å². The normalized spacial score (nSPS) is 29.6. The number of hydrogen-bond acceptors (Lipinski definition) is 2. The second-order valence-electron chi connectivity index (χ2n) is 5.77. The number of benzene rings is 1. The van der Waals surface area contributed by atoms with Crippen LogP contribution in [0.3, 0.4) is 0 Å². The van der Waals surface area contributed by atoms with Gasteiger partial charge in [0.25, 0.3) is 0 Å². The van der Waals surface area contributed by atoms with Gasteiger partial charge in [-0.15, -0.1) is 0 Å². The molecule has 3 rings (SSSR count). The van der Waals surface area contributed by atoms with E-state index in [9.17, 15) is 4.79 Å². The van der Waals surface area contributed by atoms with Gasteiger partial charge in [0.15, 0.2) is 0 Å². The van der Waals surface area contributed by atoms with Gasteiger partial charge in [0.1, 0.15) is 0 Å². The van der Waals surface area contributed by atoms with Crippen LogP contribution in [-0.2, 0) is 11.2 Å². The summed E-state index contributed by atoms with van der Waals surface area (Å²) in [5.74, 6) is 1.34. The fraction of sp³-hybridized carbons (Fsp3) is 0.533. The molecule has 2 fully saturated rings. The molecule has 19 heavy (non-hydrogen) atoms. The summed E-state index contributed by atoms with van der Waals surface area (Å²) in [5, 5.41) is 0.686. The first-order valence-electron chi connectivity index (χ1n) is 6.91. The molecule has 0 radical (unpaired) electrons. The first-order valence-corrected chi connectivity index (χ1v) is 7.29. The van der Waals surface area contributed by atoms with Crippen LogP contribution in [-0.4, -0.2) is 29.9 Å². The number of carbonyl (C=O) groups excluding carboxylic acids is 1. The van der Waals surface area contributed by atoms with Crippen molar-refractivity contribution in [2.24, 2.45) is 17.6 Å². The minimum absolute atomic E-state index is 0.198. The fourth-order valence-corrected chi connectivity index (χ4v) is 3.66. The van der Waals surface area contributed by atoms with Gasteiger partial charge in [-0.1, -0.05) is 23.7 Å². The van der Waals surface area contributed by atoms with E-state index in [1.807, 2.05) is 29.2 Å². The number of rotatable bonds is 2. The number of nitrogens with zero attached hydrogens (tertiary/aromatic N) is 1. The molecule has 1 aromatic carbocycles. The van der Waals surface area contributed by atoms with Gasteiger partial charge in [-0.05, 0) is 42.4 Å². The zero-order valence-electron chi connectivity index (χ0n) is 10.9. The van der Waals surface area contributed by atoms with Crippen LogP contribution >= 0.6 is 11.6 Å². The maximum absolute atomic E-state index is 12.3. The maximum atomic E-state index is 12.3. The molecule has 1 saturated heterocycles. The molecule has 3 unspecified atom stereocenters. The zero-order valence-corrected chi connectivity index (χ0v) is 11.6. The molecule has 1 aliphatic heterocycles. The maximum Gasteiger partial charge on any atom is 0.227 e. The number of hydrogen-bond donors (Lipinski definition) is 1. The standard InChI is InChI=1S/C15H19ClN2O/c16-12-3-1-2-10(6-12)7-15(19)18-8-11-4-5-14(17)13(11)9-18/h1-3,6,11,13-14H,4-5,7-9,17H2. The van der Waals surface area contributed by atoms with Crippen molar-refractivity contribution in [2.45, 2.75) is 25.3 Å². The molecule has 102 valence electrons. The van der Waals surface area contributed by atoms with Crippen LogP contribution in [0.4, 0.5) is 0 Å². The third-order valence-corrected chi connectivity index (χ3v) is 4.74. The van der Waals surface area contributed by atoms with E-state index in [-0.39, 0.29) is 11.9 Å². The molecule has 1 aliphatic carbocycles. The molecule has 4 heteroatoms. The van der Waals surface area contributed by atoms with Crippen molar-refractivity contribution in [2.75, 3.05) is 13.1 Å². The van der Waals surface area contributed by atoms with Crippen molar-refractivity contribution in [1.82, 2.24) is 4.90 Å². The number of carbonyl (C=O) groups is 1. The molecule has 3 nitrogen and oxygen atoms in total. The highest BCUT2D eigenvalue weighted by atomic mass is 35.5. The number of amides is 1. The molecule has 2 aliphatic rings. The molecular weight excluding hydrogens is 260 g/mol. The van der Waals surface area contributed by atoms with E-state index in [1.165, 1.54) is 6.42 Å². The molecule has 0 aromatic heterocycles. The van der Waals surface area contributed by atoms with Crippen LogP contribution < -0.4 is 5.73 Å². The highest BCUT2D eigenvalue weighted by molar-refractivity contribution is 6.30. The quantitative estimate of drug-likeness (QED) is 0.900. The Morgan fingerprint density at radius 2 is 2.21 bits per heavy atom. The minimum Gasteiger partial charge on any atom is -0.342 e. The van der Waals surface area contributed by atoms with E-state index in [2.05, 4.69) is 0 Å². The lowest BCUT2D eigenvalue weighted by Crippen LogP contribution is -2.34. The topological polar surface area (TPSA) is 46.3 Å². The van der Waals surface area contributed by atoms with Gasteiger partial charge in [-0.2, -0.15) is 0 Å². The van der Waals surface area contributed by atoms with Crippen LogP contribution in [0.15, 0.2) is 24.3 Å². The van der Waals surface area contributed by atoms with Gasteiger partial charge in [-0.25, -0.2) is 0 Å². The average Bonchev–Trinajstić information content (AvgIpc) is 2.92. The Hall–Kier alpha value is -1.06. The Labute approximate surface area is 118 Å². The molecule has 3 atom stereocenters. The summed E-state index contributed by atoms with van der Waals surface area (Å²) in [7, 11) is 0. The van der Waals surface area contributed by atoms with Crippen molar-refractivity contribution >= 4 is 17.5 Å². The SMILES string of the molecule is NC1CCC2CN(C(=O)Cc3cccc(Cl)c3)CC12. The van der Waals surface area contributed by atoms with E-state index in [1.54, 1.807) is 0 Å². The Kier molecular flexibility index (Phi) is 3.50. The summed E-state index contributed by atoms with van der Waals surface area (Å²) >= 11 is 5.94. The van der Waals surface area contributed by atoms with E-state index < -0.39 is 0 Å². The van der Waals surface area contributed by atoms with Gasteiger partial charge < -0.3 is 10.6 Å². The largest absolute Gasteiger partial charge is 0.342 e. The number of likely N-dealkylation sites (tertiary alicyclic amines) is 1. The number of fused-ring (bicyclic) bond motifs is 1. The molecule has 1 saturated carbocycles. The lowest BCUT2D eigenvalue weighted by atomic mass is 9.98. The van der Waals surface area contributed by atoms with Crippen LogP contribution in [0.25, 0.3) is 0 Å². The lowest BCUT2D eigenvalue weighted by Gasteiger charge is -2.18. The Balaban J connectivity index is 1.63. The van der Waals surface area contributed by atoms with Gasteiger partial charge >= 0.3 is 0 Å². The van der Waals surface area contributed by atoms with Gasteiger partial charge in [0, 0.05) is 24.2 Å². The minimum atomic E-state index is 0.198. The monoisotopic (exact) mass is 278 g/mol. The highest BCUT2D eigenvalue weighted by Crippen LogP contribution is 2.37. The first kappa shape index (κ1) is 12.9. The van der Waals surface area contributed by atoms with Crippen molar-refractivity contribution < 1.29 is 4.79 Å². The Morgan fingerprint density at radius 3 is 2.95 bits per heavy atom. The van der Waals surface area contributed by atoms with Gasteiger partial charge in [-0.3, -0.25) is 4.79 Å². The third kappa shape index (κ3) is 2.63. The Bertz CT molecular complexity index is 491. The molecule has 1 heterocycles. The van der Waals surface area contributed by atoms with E-state index in [0.717, 1.165) is 25.1 Å². The van der Waals surface area contributed by atoms with E-state index in [0.29, 0.717) is 23.3 Å². The lowest BCUT2D eigenvalue weighted by molar-refractivity contribution is -0.129. The second-order valence-corrected chi connectivity index (χ2v) is 6.21. The fourth-order valence-electron chi connectivity index (χ4n) is 3.44. The van der Waals surface area contributed by atoms with Crippen LogP contribution in [0.5, 0.6) is 0 Å². The molecule has 0 bridgehead atoms. The summed E-state index contributed by atoms with van der Waals surface area (Å²) in [4.78, 5) is 14.3. The molecular formula is C15H19ClN2O. The summed E-state index contributed by atoms with van der Waals surface area (Å²) in [5.41, 5.74) is 7.08. The summed E-state index contributed by atoms with van der Waals surface area (Å²) in [6.07, 6.45) is 2.73. The number of nitrogens with two attached hydrogens (primary N) is 1. The second kappa shape index (κ2) is 5.14. The van der Waals surface area contributed by atoms with Crippen LogP contribution in [0.1, 0.15) is 18.4 Å². The van der Waals surface area contributed by atoms with Crippen molar-refractivity contribution in [1.29, 1.82) is 0 Å². The van der Waals surface area contributed by atoms with Crippen molar-refractivity contribution in [3.8, 4) is 0 Å². The average molecular weight is 279 g/mol. The highest BCUT2D eigenvalue weighted by Gasteiger charge is 2.42. The predicted octanol–water partition coefficient (Wildman–Crippen LogP) is 2.08. The Morgan fingerprint density at radius 1 is 1.37 bits per heavy atom. The zero-order chi connectivity index (χ0) is 13.4. The summed E-state index contributed by atoms with van der Waals surface area (Å²) in [6, 6.07) is 7.82. The summed E-state index contributed by atoms with van der Waals surface area (Å²) in [6.45, 7) is 1.73. The van der Waals surface area contributed by atoms with Crippen molar-refractivity contribution in [3.05, 3.63) is 34.9 Å². The molecule has 0 spiro atoms. The molecule has 1 amide bonds. The van der Waals surface area contributed by atoms with E-state index >= 15 is 0 Å². The molecule has 2 N–H and O–H groups in total. The van der Waals surface area contributed by atoms with Gasteiger partial charge in [0.05, 0.1) is 6.42 Å². The smallest absolute Gasteiger partial charge is 0.227 e. The predicted molar refractivity (Wildman–Crippen MR) is 75.9 cm³/mol. The third-order valence-electron chi connectivity index (χ3n) is 4.51. The number of halogens is 1. The first-order chi connectivity index (χ1) is 9.13. The van der Waals surface area contributed by atoms with Crippen LogP contribution in [0, 0.1) is 11.8 Å².